The summed E-state index contributed by atoms with van der Waals surface area (Å²) in [5.74, 6) is 0.139. The normalized spacial score (nSPS) is 13.0. The van der Waals surface area contributed by atoms with Crippen LogP contribution in [-0.2, 0) is 6.18 Å². The zero-order valence-electron chi connectivity index (χ0n) is 19.5. The molecule has 1 rings (SSSR count). The maximum atomic E-state index is 13.1. The molecule has 0 radical (unpaired) electrons. The van der Waals surface area contributed by atoms with Crippen LogP contribution in [0.2, 0.25) is 0 Å². The van der Waals surface area contributed by atoms with Gasteiger partial charge in [-0.2, -0.15) is 13.2 Å². The van der Waals surface area contributed by atoms with Crippen molar-refractivity contribution < 1.29 is 18.0 Å². The molecule has 1 aromatic carbocycles. The number of benzene rings is 1. The van der Waals surface area contributed by atoms with Gasteiger partial charge in [-0.15, -0.1) is 11.8 Å². The Balaban J connectivity index is 2.74. The minimum absolute atomic E-state index is 0.134. The van der Waals surface area contributed by atoms with E-state index < -0.39 is 11.7 Å². The van der Waals surface area contributed by atoms with E-state index in [0.717, 1.165) is 37.8 Å². The second kappa shape index (κ2) is 12.9. The number of carbonyl (C=O) groups excluding carboxylic acids is 1. The molecule has 172 valence electrons. The van der Waals surface area contributed by atoms with Gasteiger partial charge in [0.05, 0.1) is 5.56 Å². The number of ketones is 1. The average molecular weight is 453 g/mol. The fraction of sp³-hybridized carbons (Fsp3) is 0.500. The van der Waals surface area contributed by atoms with Crippen LogP contribution in [0.3, 0.4) is 0 Å². The van der Waals surface area contributed by atoms with Gasteiger partial charge < -0.3 is 0 Å². The first-order valence-corrected chi connectivity index (χ1v) is 11.7. The third kappa shape index (κ3) is 10.4. The van der Waals surface area contributed by atoms with Gasteiger partial charge in [-0.05, 0) is 71.6 Å². The van der Waals surface area contributed by atoms with Gasteiger partial charge in [0.25, 0.3) is 0 Å². The monoisotopic (exact) mass is 452 g/mol. The molecule has 0 heterocycles. The summed E-state index contributed by atoms with van der Waals surface area (Å²) < 4.78 is 39.3. The van der Waals surface area contributed by atoms with Crippen LogP contribution in [0.1, 0.15) is 83.1 Å². The fourth-order valence-corrected chi connectivity index (χ4v) is 4.03. The van der Waals surface area contributed by atoms with E-state index in [1.807, 2.05) is 13.0 Å². The summed E-state index contributed by atoms with van der Waals surface area (Å²) in [4.78, 5) is 12.8. The van der Waals surface area contributed by atoms with Gasteiger partial charge in [-0.1, -0.05) is 48.8 Å². The molecule has 0 fully saturated rings. The highest BCUT2D eigenvalue weighted by atomic mass is 32.2. The van der Waals surface area contributed by atoms with Crippen molar-refractivity contribution in [2.75, 3.05) is 5.75 Å². The van der Waals surface area contributed by atoms with Gasteiger partial charge in [0, 0.05) is 22.1 Å². The zero-order valence-corrected chi connectivity index (χ0v) is 20.3. The molecule has 0 amide bonds. The van der Waals surface area contributed by atoms with E-state index in [0.29, 0.717) is 16.2 Å². The van der Waals surface area contributed by atoms with Gasteiger partial charge in [0.15, 0.2) is 5.78 Å². The Morgan fingerprint density at radius 3 is 2.10 bits per heavy atom. The summed E-state index contributed by atoms with van der Waals surface area (Å²) in [6.45, 7) is 11.9. The number of allylic oxidation sites excluding steroid dienone is 5. The molecule has 5 heteroatoms. The number of hydrogen-bond donors (Lipinski definition) is 0. The third-order valence-corrected chi connectivity index (χ3v) is 5.87. The molecule has 0 saturated heterocycles. The van der Waals surface area contributed by atoms with E-state index in [1.165, 1.54) is 34.5 Å². The molecular weight excluding hydrogens is 417 g/mol. The maximum absolute atomic E-state index is 13.1. The molecule has 0 unspecified atom stereocenters. The number of halogens is 3. The molecule has 0 aliphatic heterocycles. The summed E-state index contributed by atoms with van der Waals surface area (Å²) in [6, 6.07) is 3.40. The Bertz CT molecular complexity index is 826. The van der Waals surface area contributed by atoms with Crippen molar-refractivity contribution in [3.63, 3.8) is 0 Å². The van der Waals surface area contributed by atoms with Crippen LogP contribution < -0.4 is 0 Å². The largest absolute Gasteiger partial charge is 0.416 e. The smallest absolute Gasteiger partial charge is 0.294 e. The molecule has 1 aromatic rings. The summed E-state index contributed by atoms with van der Waals surface area (Å²) in [5, 5.41) is 0. The van der Waals surface area contributed by atoms with Crippen molar-refractivity contribution in [2.45, 2.75) is 78.3 Å². The first kappa shape index (κ1) is 27.3. The topological polar surface area (TPSA) is 17.1 Å². The molecule has 0 spiro atoms. The Hall–Kier alpha value is -1.75. The SMILES string of the molecule is CC(C)=CCC/C(C)=C/CC/C(C)=C/CSc1cc(C(F)(F)F)ccc1C(=O)C(C)C. The predicted octanol–water partition coefficient (Wildman–Crippen LogP) is 9.06. The van der Waals surface area contributed by atoms with Gasteiger partial charge >= 0.3 is 6.18 Å². The van der Waals surface area contributed by atoms with E-state index in [4.69, 9.17) is 0 Å². The first-order chi connectivity index (χ1) is 14.4. The van der Waals surface area contributed by atoms with Crippen molar-refractivity contribution in [1.82, 2.24) is 0 Å². The maximum Gasteiger partial charge on any atom is 0.416 e. The summed E-state index contributed by atoms with van der Waals surface area (Å²) >= 11 is 1.29. The number of Topliss-reactive ketones (excluding diaryl/α,β-unsaturated/α-hetero) is 1. The Morgan fingerprint density at radius 2 is 1.55 bits per heavy atom. The quantitative estimate of drug-likeness (QED) is 0.189. The molecule has 0 atom stereocenters. The van der Waals surface area contributed by atoms with Crippen LogP contribution in [0.4, 0.5) is 13.2 Å². The van der Waals surface area contributed by atoms with Crippen LogP contribution in [0.25, 0.3) is 0 Å². The molecule has 1 nitrogen and oxygen atoms in total. The summed E-state index contributed by atoms with van der Waals surface area (Å²) in [5.41, 5.74) is 3.56. The molecule has 0 N–H and O–H groups in total. The lowest BCUT2D eigenvalue weighted by Crippen LogP contribution is -2.11. The minimum atomic E-state index is -4.42. The van der Waals surface area contributed by atoms with E-state index in [2.05, 4.69) is 32.9 Å². The van der Waals surface area contributed by atoms with Crippen LogP contribution in [0, 0.1) is 5.92 Å². The predicted molar refractivity (Wildman–Crippen MR) is 127 cm³/mol. The fourth-order valence-electron chi connectivity index (χ4n) is 2.95. The Morgan fingerprint density at radius 1 is 0.968 bits per heavy atom. The van der Waals surface area contributed by atoms with Crippen LogP contribution in [-0.4, -0.2) is 11.5 Å². The van der Waals surface area contributed by atoms with Crippen LogP contribution in [0.15, 0.2) is 58.0 Å². The number of thioether (sulfide) groups is 1. The van der Waals surface area contributed by atoms with Crippen LogP contribution in [0.5, 0.6) is 0 Å². The number of hydrogen-bond acceptors (Lipinski definition) is 2. The minimum Gasteiger partial charge on any atom is -0.294 e. The molecule has 0 aromatic heterocycles. The lowest BCUT2D eigenvalue weighted by atomic mass is 10.00. The van der Waals surface area contributed by atoms with Gasteiger partial charge in [-0.25, -0.2) is 0 Å². The highest BCUT2D eigenvalue weighted by Gasteiger charge is 2.31. The van der Waals surface area contributed by atoms with E-state index in [9.17, 15) is 18.0 Å². The third-order valence-electron chi connectivity index (χ3n) is 4.89. The molecule has 0 bridgehead atoms. The molecule has 31 heavy (non-hydrogen) atoms. The molecule has 0 aliphatic rings. The van der Waals surface area contributed by atoms with Crippen molar-refractivity contribution in [1.29, 1.82) is 0 Å². The molecule has 0 aliphatic carbocycles. The van der Waals surface area contributed by atoms with Crippen molar-refractivity contribution in [2.24, 2.45) is 5.92 Å². The number of alkyl halides is 3. The second-order valence-corrected chi connectivity index (χ2v) is 9.56. The van der Waals surface area contributed by atoms with Gasteiger partial charge in [0.1, 0.15) is 0 Å². The van der Waals surface area contributed by atoms with Gasteiger partial charge in [-0.3, -0.25) is 4.79 Å². The highest BCUT2D eigenvalue weighted by molar-refractivity contribution is 7.99. The second-order valence-electron chi connectivity index (χ2n) is 8.50. The van der Waals surface area contributed by atoms with E-state index in [1.54, 1.807) is 13.8 Å². The molecular formula is C26H35F3OS. The van der Waals surface area contributed by atoms with Gasteiger partial charge in [0.2, 0.25) is 0 Å². The Kier molecular flexibility index (Phi) is 11.4. The summed E-state index contributed by atoms with van der Waals surface area (Å²) in [7, 11) is 0. The van der Waals surface area contributed by atoms with E-state index >= 15 is 0 Å². The summed E-state index contributed by atoms with van der Waals surface area (Å²) in [6.07, 6.45) is 6.12. The van der Waals surface area contributed by atoms with Crippen molar-refractivity contribution >= 4 is 17.5 Å². The number of carbonyl (C=O) groups is 1. The van der Waals surface area contributed by atoms with Crippen molar-refractivity contribution in [3.8, 4) is 0 Å². The highest BCUT2D eigenvalue weighted by Crippen LogP contribution is 2.34. The van der Waals surface area contributed by atoms with Crippen molar-refractivity contribution in [3.05, 3.63) is 64.3 Å². The van der Waals surface area contributed by atoms with E-state index in [-0.39, 0.29) is 11.7 Å². The first-order valence-electron chi connectivity index (χ1n) is 10.7. The number of rotatable bonds is 11. The zero-order chi connectivity index (χ0) is 23.6. The Labute approximate surface area is 189 Å². The lowest BCUT2D eigenvalue weighted by molar-refractivity contribution is -0.137. The van der Waals surface area contributed by atoms with Crippen LogP contribution >= 0.6 is 11.8 Å². The molecule has 0 saturated carbocycles. The lowest BCUT2D eigenvalue weighted by Gasteiger charge is -2.13. The average Bonchev–Trinajstić information content (AvgIpc) is 2.66. The standard InChI is InChI=1S/C26H35F3OS/c1-18(2)9-7-10-20(5)11-8-12-21(6)15-16-31-24-17-22(26(27,28)29)13-14-23(24)25(30)19(3)4/h9,11,13-15,17,19H,7-8,10,12,16H2,1-6H3/b20-11+,21-15+.